The number of aromatic nitrogens is 1. The predicted molar refractivity (Wildman–Crippen MR) is 73.9 cm³/mol. The molecule has 0 fully saturated rings. The number of ether oxygens (including phenoxy) is 2. The second-order valence-corrected chi connectivity index (χ2v) is 4.45. The molecule has 0 saturated carbocycles. The second-order valence-electron chi connectivity index (χ2n) is 4.09. The van der Waals surface area contributed by atoms with Gasteiger partial charge in [-0.25, -0.2) is 4.98 Å². The molecule has 0 aliphatic carbocycles. The molecular weight excluding hydrogens is 250 g/mol. The zero-order chi connectivity index (χ0) is 13.1. The molecule has 2 aromatic rings. The third-order valence-corrected chi connectivity index (χ3v) is 3.19. The van der Waals surface area contributed by atoms with Gasteiger partial charge in [0, 0.05) is 11.5 Å². The Kier molecular flexibility index (Phi) is 3.92. The van der Waals surface area contributed by atoms with Gasteiger partial charge in [-0.05, 0) is 24.1 Å². The van der Waals surface area contributed by atoms with Crippen molar-refractivity contribution >= 4 is 22.5 Å². The van der Waals surface area contributed by atoms with Crippen molar-refractivity contribution in [2.24, 2.45) is 0 Å². The molecule has 0 aliphatic rings. The Morgan fingerprint density at radius 3 is 2.39 bits per heavy atom. The Balaban J connectivity index is 2.62. The fourth-order valence-corrected chi connectivity index (χ4v) is 2.21. The van der Waals surface area contributed by atoms with Crippen molar-refractivity contribution in [3.63, 3.8) is 0 Å². The monoisotopic (exact) mass is 265 g/mol. The Bertz CT molecular complexity index is 569. The van der Waals surface area contributed by atoms with Gasteiger partial charge in [0.1, 0.15) is 5.15 Å². The average Bonchev–Trinajstić information content (AvgIpc) is 2.38. The van der Waals surface area contributed by atoms with E-state index in [1.807, 2.05) is 12.1 Å². The summed E-state index contributed by atoms with van der Waals surface area (Å²) in [7, 11) is 3.23. The summed E-state index contributed by atoms with van der Waals surface area (Å²) < 4.78 is 10.5. The fourth-order valence-electron chi connectivity index (χ4n) is 1.97. The zero-order valence-corrected chi connectivity index (χ0v) is 11.5. The Labute approximate surface area is 112 Å². The summed E-state index contributed by atoms with van der Waals surface area (Å²) in [4.78, 5) is 4.41. The van der Waals surface area contributed by atoms with E-state index in [9.17, 15) is 0 Å². The maximum Gasteiger partial charge on any atom is 0.162 e. The van der Waals surface area contributed by atoms with E-state index >= 15 is 0 Å². The first kappa shape index (κ1) is 13.0. The normalized spacial score (nSPS) is 10.7. The highest BCUT2D eigenvalue weighted by Gasteiger charge is 2.09. The van der Waals surface area contributed by atoms with E-state index in [1.165, 1.54) is 0 Å². The molecule has 18 heavy (non-hydrogen) atoms. The Hall–Kier alpha value is -1.48. The van der Waals surface area contributed by atoms with Crippen LogP contribution in [0, 0.1) is 0 Å². The molecule has 0 saturated heterocycles. The maximum atomic E-state index is 6.17. The van der Waals surface area contributed by atoms with Gasteiger partial charge < -0.3 is 9.47 Å². The molecule has 2 rings (SSSR count). The molecular formula is C14H16ClNO2. The van der Waals surface area contributed by atoms with Crippen molar-refractivity contribution in [3.8, 4) is 11.5 Å². The minimum absolute atomic E-state index is 0.566. The lowest BCUT2D eigenvalue weighted by atomic mass is 10.1. The van der Waals surface area contributed by atoms with Crippen LogP contribution in [0.5, 0.6) is 11.5 Å². The number of methoxy groups -OCH3 is 2. The molecule has 0 atom stereocenters. The summed E-state index contributed by atoms with van der Waals surface area (Å²) in [6.45, 7) is 2.12. The van der Waals surface area contributed by atoms with Gasteiger partial charge in [0.25, 0.3) is 0 Å². The van der Waals surface area contributed by atoms with Gasteiger partial charge in [0.15, 0.2) is 11.5 Å². The number of benzene rings is 1. The van der Waals surface area contributed by atoms with Gasteiger partial charge in [0.2, 0.25) is 0 Å². The van der Waals surface area contributed by atoms with Crippen LogP contribution in [-0.4, -0.2) is 19.2 Å². The van der Waals surface area contributed by atoms with Crippen LogP contribution in [0.4, 0.5) is 0 Å². The van der Waals surface area contributed by atoms with Gasteiger partial charge >= 0.3 is 0 Å². The van der Waals surface area contributed by atoms with Crippen molar-refractivity contribution in [1.29, 1.82) is 0 Å². The van der Waals surface area contributed by atoms with E-state index in [2.05, 4.69) is 18.0 Å². The van der Waals surface area contributed by atoms with E-state index < -0.39 is 0 Å². The largest absolute Gasteiger partial charge is 0.493 e. The molecule has 0 radical (unpaired) electrons. The Morgan fingerprint density at radius 2 is 1.78 bits per heavy atom. The summed E-state index contributed by atoms with van der Waals surface area (Å²) in [5.74, 6) is 1.37. The van der Waals surface area contributed by atoms with Crippen LogP contribution in [0.25, 0.3) is 10.9 Å². The third-order valence-electron chi connectivity index (χ3n) is 2.87. The van der Waals surface area contributed by atoms with Crippen molar-refractivity contribution in [1.82, 2.24) is 4.98 Å². The molecule has 0 amide bonds. The number of hydrogen-bond acceptors (Lipinski definition) is 3. The summed E-state index contributed by atoms with van der Waals surface area (Å²) in [6, 6.07) is 5.84. The van der Waals surface area contributed by atoms with Crippen LogP contribution >= 0.6 is 11.6 Å². The fraction of sp³-hybridized carbons (Fsp3) is 0.357. The van der Waals surface area contributed by atoms with Gasteiger partial charge in [-0.3, -0.25) is 0 Å². The number of hydrogen-bond donors (Lipinski definition) is 0. The van der Waals surface area contributed by atoms with Crippen molar-refractivity contribution in [3.05, 3.63) is 28.9 Å². The first-order valence-corrected chi connectivity index (χ1v) is 6.28. The second kappa shape index (κ2) is 5.44. The molecule has 1 aromatic heterocycles. The number of aryl methyl sites for hydroxylation is 1. The SMILES string of the molecule is CCCc1cc2cc(OC)c(OC)cc2nc1Cl. The molecule has 0 aliphatic heterocycles. The topological polar surface area (TPSA) is 31.4 Å². The average molecular weight is 266 g/mol. The highest BCUT2D eigenvalue weighted by Crippen LogP contribution is 2.33. The number of fused-ring (bicyclic) bond motifs is 1. The first-order chi connectivity index (χ1) is 8.69. The minimum Gasteiger partial charge on any atom is -0.493 e. The lowest BCUT2D eigenvalue weighted by Crippen LogP contribution is -1.94. The summed E-state index contributed by atoms with van der Waals surface area (Å²) in [5, 5.41) is 1.58. The van der Waals surface area contributed by atoms with Crippen LogP contribution in [0.1, 0.15) is 18.9 Å². The highest BCUT2D eigenvalue weighted by molar-refractivity contribution is 6.30. The molecule has 3 nitrogen and oxygen atoms in total. The number of halogens is 1. The van der Waals surface area contributed by atoms with Crippen LogP contribution in [-0.2, 0) is 6.42 Å². The van der Waals surface area contributed by atoms with Gasteiger partial charge in [0.05, 0.1) is 19.7 Å². The van der Waals surface area contributed by atoms with Crippen molar-refractivity contribution < 1.29 is 9.47 Å². The van der Waals surface area contributed by atoms with Crippen LogP contribution in [0.2, 0.25) is 5.15 Å². The van der Waals surface area contributed by atoms with Crippen molar-refractivity contribution in [2.45, 2.75) is 19.8 Å². The number of pyridine rings is 1. The lowest BCUT2D eigenvalue weighted by molar-refractivity contribution is 0.356. The molecule has 0 bridgehead atoms. The van der Waals surface area contributed by atoms with E-state index in [0.717, 1.165) is 29.3 Å². The molecule has 4 heteroatoms. The molecule has 0 N–H and O–H groups in total. The molecule has 1 aromatic carbocycles. The maximum absolute atomic E-state index is 6.17. The Morgan fingerprint density at radius 1 is 1.11 bits per heavy atom. The minimum atomic E-state index is 0.566. The van der Waals surface area contributed by atoms with Gasteiger partial charge in [-0.15, -0.1) is 0 Å². The van der Waals surface area contributed by atoms with E-state index in [1.54, 1.807) is 14.2 Å². The molecule has 0 unspecified atom stereocenters. The number of nitrogens with zero attached hydrogens (tertiary/aromatic N) is 1. The van der Waals surface area contributed by atoms with E-state index in [-0.39, 0.29) is 0 Å². The highest BCUT2D eigenvalue weighted by atomic mass is 35.5. The molecule has 0 spiro atoms. The van der Waals surface area contributed by atoms with Crippen molar-refractivity contribution in [2.75, 3.05) is 14.2 Å². The van der Waals surface area contributed by atoms with E-state index in [4.69, 9.17) is 21.1 Å². The number of rotatable bonds is 4. The molecule has 96 valence electrons. The summed E-state index contributed by atoms with van der Waals surface area (Å²) in [6.07, 6.45) is 1.97. The van der Waals surface area contributed by atoms with E-state index in [0.29, 0.717) is 16.7 Å². The zero-order valence-electron chi connectivity index (χ0n) is 10.8. The standard InChI is InChI=1S/C14H16ClNO2/c1-4-5-9-6-10-7-12(17-2)13(18-3)8-11(10)16-14(9)15/h6-8H,4-5H2,1-3H3. The third kappa shape index (κ3) is 2.36. The predicted octanol–water partition coefficient (Wildman–Crippen LogP) is 3.86. The smallest absolute Gasteiger partial charge is 0.162 e. The molecule has 1 heterocycles. The van der Waals surface area contributed by atoms with Crippen LogP contribution < -0.4 is 9.47 Å². The first-order valence-electron chi connectivity index (χ1n) is 5.90. The van der Waals surface area contributed by atoms with Crippen LogP contribution in [0.15, 0.2) is 18.2 Å². The van der Waals surface area contributed by atoms with Gasteiger partial charge in [-0.2, -0.15) is 0 Å². The quantitative estimate of drug-likeness (QED) is 0.787. The summed E-state index contributed by atoms with van der Waals surface area (Å²) in [5.41, 5.74) is 1.89. The lowest BCUT2D eigenvalue weighted by Gasteiger charge is -2.10. The van der Waals surface area contributed by atoms with Crippen LogP contribution in [0.3, 0.4) is 0 Å². The summed E-state index contributed by atoms with van der Waals surface area (Å²) >= 11 is 6.17. The van der Waals surface area contributed by atoms with Gasteiger partial charge in [-0.1, -0.05) is 24.9 Å².